The van der Waals surface area contributed by atoms with Crippen LogP contribution < -0.4 is 10.7 Å². The Bertz CT molecular complexity index is 724. The van der Waals surface area contributed by atoms with E-state index in [-0.39, 0.29) is 24.0 Å². The third-order valence-electron chi connectivity index (χ3n) is 3.22. The zero-order valence-corrected chi connectivity index (χ0v) is 13.0. The molecule has 0 aliphatic rings. The zero-order chi connectivity index (χ0) is 16.8. The van der Waals surface area contributed by atoms with E-state index in [1.807, 2.05) is 31.2 Å². The van der Waals surface area contributed by atoms with Crippen LogP contribution in [-0.4, -0.2) is 28.4 Å². The maximum Gasteiger partial charge on any atom is 0.259 e. The summed E-state index contributed by atoms with van der Waals surface area (Å²) in [4.78, 5) is 11.8. The predicted molar refractivity (Wildman–Crippen MR) is 89.8 cm³/mol. The van der Waals surface area contributed by atoms with Crippen LogP contribution in [0.1, 0.15) is 18.1 Å². The Kier molecular flexibility index (Phi) is 5.19. The van der Waals surface area contributed by atoms with Crippen molar-refractivity contribution in [1.29, 1.82) is 0 Å². The number of hydrogen-bond donors (Lipinski definition) is 4. The van der Waals surface area contributed by atoms with Crippen molar-refractivity contribution in [2.75, 3.05) is 11.9 Å². The minimum absolute atomic E-state index is 0.0136. The smallest absolute Gasteiger partial charge is 0.259 e. The molecule has 120 valence electrons. The highest BCUT2D eigenvalue weighted by molar-refractivity contribution is 6.01. The van der Waals surface area contributed by atoms with Gasteiger partial charge in [-0.3, -0.25) is 4.79 Å². The Labute approximate surface area is 134 Å². The van der Waals surface area contributed by atoms with Gasteiger partial charge in [-0.1, -0.05) is 17.7 Å². The molecule has 0 radical (unpaired) electrons. The van der Waals surface area contributed by atoms with E-state index in [1.54, 1.807) is 6.92 Å². The molecule has 0 heterocycles. The van der Waals surface area contributed by atoms with Crippen molar-refractivity contribution in [3.63, 3.8) is 0 Å². The number of carbonyl (C=O) groups excluding carboxylic acids is 1. The summed E-state index contributed by atoms with van der Waals surface area (Å²) >= 11 is 0. The van der Waals surface area contributed by atoms with E-state index >= 15 is 0 Å². The highest BCUT2D eigenvalue weighted by Crippen LogP contribution is 2.22. The summed E-state index contributed by atoms with van der Waals surface area (Å²) in [7, 11) is 0. The number of phenols is 2. The molecule has 1 amide bonds. The second-order valence-corrected chi connectivity index (χ2v) is 5.15. The normalized spacial score (nSPS) is 11.1. The number of aromatic hydroxyl groups is 2. The monoisotopic (exact) mass is 313 g/mol. The number of hydrogen-bond acceptors (Lipinski definition) is 5. The van der Waals surface area contributed by atoms with E-state index in [0.29, 0.717) is 11.3 Å². The summed E-state index contributed by atoms with van der Waals surface area (Å²) in [5, 5.41) is 26.1. The average molecular weight is 313 g/mol. The maximum absolute atomic E-state index is 11.8. The lowest BCUT2D eigenvalue weighted by Gasteiger charge is -2.07. The molecule has 2 aromatic carbocycles. The van der Waals surface area contributed by atoms with Crippen LogP contribution in [-0.2, 0) is 4.79 Å². The van der Waals surface area contributed by atoms with Crippen molar-refractivity contribution in [2.45, 2.75) is 13.8 Å². The van der Waals surface area contributed by atoms with Gasteiger partial charge in [0, 0.05) is 11.3 Å². The molecule has 0 saturated heterocycles. The Hall–Kier alpha value is -3.02. The molecule has 0 aliphatic carbocycles. The van der Waals surface area contributed by atoms with E-state index < -0.39 is 0 Å². The summed E-state index contributed by atoms with van der Waals surface area (Å²) in [6.07, 6.45) is 0. The number of amides is 1. The van der Waals surface area contributed by atoms with Gasteiger partial charge in [0.05, 0.1) is 12.3 Å². The van der Waals surface area contributed by atoms with E-state index in [4.69, 9.17) is 0 Å². The van der Waals surface area contributed by atoms with Gasteiger partial charge in [0.15, 0.2) is 0 Å². The zero-order valence-electron chi connectivity index (χ0n) is 13.0. The first-order valence-corrected chi connectivity index (χ1v) is 7.12. The van der Waals surface area contributed by atoms with Gasteiger partial charge in [-0.05, 0) is 44.2 Å². The van der Waals surface area contributed by atoms with E-state index in [2.05, 4.69) is 15.8 Å². The fraction of sp³-hybridized carbons (Fsp3) is 0.176. The number of nitrogens with zero attached hydrogens (tertiary/aromatic N) is 1. The summed E-state index contributed by atoms with van der Waals surface area (Å²) in [6.45, 7) is 3.69. The second kappa shape index (κ2) is 7.31. The van der Waals surface area contributed by atoms with Crippen LogP contribution in [0.5, 0.6) is 11.5 Å². The average Bonchev–Trinajstić information content (AvgIpc) is 2.54. The molecule has 0 atom stereocenters. The molecule has 0 aliphatic heterocycles. The predicted octanol–water partition coefficient (Wildman–Crippen LogP) is 2.36. The Balaban J connectivity index is 1.92. The molecule has 0 bridgehead atoms. The van der Waals surface area contributed by atoms with Crippen molar-refractivity contribution in [3.8, 4) is 11.5 Å². The first-order valence-electron chi connectivity index (χ1n) is 7.12. The molecule has 6 nitrogen and oxygen atoms in total. The minimum Gasteiger partial charge on any atom is -0.508 e. The quantitative estimate of drug-likeness (QED) is 0.387. The summed E-state index contributed by atoms with van der Waals surface area (Å²) < 4.78 is 0. The van der Waals surface area contributed by atoms with Crippen LogP contribution in [0.25, 0.3) is 0 Å². The lowest BCUT2D eigenvalue weighted by Crippen LogP contribution is -2.26. The molecule has 2 rings (SSSR count). The van der Waals surface area contributed by atoms with Crippen LogP contribution in [0.2, 0.25) is 0 Å². The summed E-state index contributed by atoms with van der Waals surface area (Å²) in [5.41, 5.74) is 5.14. The van der Waals surface area contributed by atoms with Gasteiger partial charge in [-0.2, -0.15) is 5.10 Å². The van der Waals surface area contributed by atoms with Crippen LogP contribution in [0.3, 0.4) is 0 Å². The minimum atomic E-state index is -0.315. The molecule has 0 aromatic heterocycles. The van der Waals surface area contributed by atoms with E-state index in [0.717, 1.165) is 11.3 Å². The first-order chi connectivity index (χ1) is 11.0. The van der Waals surface area contributed by atoms with Gasteiger partial charge >= 0.3 is 0 Å². The first kappa shape index (κ1) is 16.4. The van der Waals surface area contributed by atoms with Gasteiger partial charge in [0.25, 0.3) is 5.91 Å². The summed E-state index contributed by atoms with van der Waals surface area (Å²) in [6, 6.07) is 11.8. The van der Waals surface area contributed by atoms with Gasteiger partial charge in [-0.25, -0.2) is 5.43 Å². The third kappa shape index (κ3) is 4.74. The van der Waals surface area contributed by atoms with Crippen LogP contribution in [0.4, 0.5) is 5.69 Å². The number of phenolic OH excluding ortho intramolecular Hbond substituents is 2. The van der Waals surface area contributed by atoms with Crippen molar-refractivity contribution in [1.82, 2.24) is 5.43 Å². The second-order valence-electron chi connectivity index (χ2n) is 5.15. The molecule has 0 spiro atoms. The molecule has 6 heteroatoms. The Morgan fingerprint density at radius 1 is 1.13 bits per heavy atom. The van der Waals surface area contributed by atoms with Crippen LogP contribution >= 0.6 is 0 Å². The topological polar surface area (TPSA) is 94.0 Å². The van der Waals surface area contributed by atoms with Crippen LogP contribution in [0, 0.1) is 6.92 Å². The number of nitrogens with one attached hydrogen (secondary N) is 2. The number of anilines is 1. The van der Waals surface area contributed by atoms with Gasteiger partial charge in [-0.15, -0.1) is 0 Å². The highest BCUT2D eigenvalue weighted by atomic mass is 16.3. The highest BCUT2D eigenvalue weighted by Gasteiger charge is 2.07. The number of hydrazone groups is 1. The van der Waals surface area contributed by atoms with E-state index in [1.165, 1.54) is 18.2 Å². The maximum atomic E-state index is 11.8. The molecule has 0 unspecified atom stereocenters. The van der Waals surface area contributed by atoms with Crippen molar-refractivity contribution < 1.29 is 15.0 Å². The SMILES string of the molecule is C/C(=N\NC(=O)CNc1ccc(C)cc1)c1cc(O)ccc1O. The van der Waals surface area contributed by atoms with Crippen molar-refractivity contribution >= 4 is 17.3 Å². The van der Waals surface area contributed by atoms with Gasteiger partial charge < -0.3 is 15.5 Å². The van der Waals surface area contributed by atoms with E-state index in [9.17, 15) is 15.0 Å². The lowest BCUT2D eigenvalue weighted by atomic mass is 10.1. The van der Waals surface area contributed by atoms with Crippen molar-refractivity contribution in [2.24, 2.45) is 5.10 Å². The number of rotatable bonds is 5. The standard InChI is InChI=1S/C17H19N3O3/c1-11-3-5-13(6-4-11)18-10-17(23)20-19-12(2)15-9-14(21)7-8-16(15)22/h3-9,18,21-22H,10H2,1-2H3,(H,20,23)/b19-12+. The number of carbonyl (C=O) groups is 1. The number of benzene rings is 2. The molecule has 4 N–H and O–H groups in total. The molecule has 0 fully saturated rings. The largest absolute Gasteiger partial charge is 0.508 e. The van der Waals surface area contributed by atoms with Crippen molar-refractivity contribution in [3.05, 3.63) is 53.6 Å². The molecule has 2 aromatic rings. The van der Waals surface area contributed by atoms with Gasteiger partial charge in [0.1, 0.15) is 11.5 Å². The molecule has 23 heavy (non-hydrogen) atoms. The van der Waals surface area contributed by atoms with Gasteiger partial charge in [0.2, 0.25) is 0 Å². The number of aryl methyl sites for hydroxylation is 1. The fourth-order valence-electron chi connectivity index (χ4n) is 1.91. The summed E-state index contributed by atoms with van der Waals surface area (Å²) in [5.74, 6) is -0.319. The fourth-order valence-corrected chi connectivity index (χ4v) is 1.91. The lowest BCUT2D eigenvalue weighted by molar-refractivity contribution is -0.119. The molecule has 0 saturated carbocycles. The van der Waals surface area contributed by atoms with Crippen LogP contribution in [0.15, 0.2) is 47.6 Å². The Morgan fingerprint density at radius 3 is 2.52 bits per heavy atom. The third-order valence-corrected chi connectivity index (χ3v) is 3.22. The molecular formula is C17H19N3O3. The molecular weight excluding hydrogens is 294 g/mol. The Morgan fingerprint density at radius 2 is 1.83 bits per heavy atom.